The van der Waals surface area contributed by atoms with Crippen molar-refractivity contribution in [3.05, 3.63) is 29.6 Å². The highest BCUT2D eigenvalue weighted by molar-refractivity contribution is 5.79. The third-order valence-electron chi connectivity index (χ3n) is 4.43. The first-order chi connectivity index (χ1) is 9.72. The van der Waals surface area contributed by atoms with Crippen LogP contribution >= 0.6 is 0 Å². The minimum Gasteiger partial charge on any atom is -0.338 e. The Morgan fingerprint density at radius 1 is 1.45 bits per heavy atom. The van der Waals surface area contributed by atoms with E-state index in [1.54, 1.807) is 6.20 Å². The first-order valence-corrected chi connectivity index (χ1v) is 7.05. The maximum absolute atomic E-state index is 12.3. The molecule has 0 radical (unpaired) electrons. The minimum atomic E-state index is 0.150. The van der Waals surface area contributed by atoms with Crippen LogP contribution in [-0.4, -0.2) is 35.4 Å². The van der Waals surface area contributed by atoms with Crippen LogP contribution < -0.4 is 5.32 Å². The summed E-state index contributed by atoms with van der Waals surface area (Å²) in [5, 5.41) is 12.4. The van der Waals surface area contributed by atoms with Crippen LogP contribution in [0.5, 0.6) is 0 Å². The second-order valence-electron chi connectivity index (χ2n) is 5.80. The van der Waals surface area contributed by atoms with E-state index >= 15 is 0 Å². The smallest absolute Gasteiger partial charge is 0.223 e. The Morgan fingerprint density at radius 2 is 2.25 bits per heavy atom. The predicted octanol–water partition coefficient (Wildman–Crippen LogP) is 1.06. The van der Waals surface area contributed by atoms with Crippen molar-refractivity contribution in [3.8, 4) is 6.07 Å². The van der Waals surface area contributed by atoms with Crippen molar-refractivity contribution in [3.63, 3.8) is 0 Å². The molecule has 1 aromatic heterocycles. The van der Waals surface area contributed by atoms with E-state index in [-0.39, 0.29) is 11.3 Å². The van der Waals surface area contributed by atoms with E-state index in [2.05, 4.69) is 16.4 Å². The third kappa shape index (κ3) is 2.39. The summed E-state index contributed by atoms with van der Waals surface area (Å²) in [4.78, 5) is 18.2. The van der Waals surface area contributed by atoms with Crippen LogP contribution in [0.25, 0.3) is 0 Å². The Kier molecular flexibility index (Phi) is 3.41. The molecule has 0 unspecified atom stereocenters. The van der Waals surface area contributed by atoms with Crippen LogP contribution in [0.4, 0.5) is 0 Å². The quantitative estimate of drug-likeness (QED) is 0.872. The van der Waals surface area contributed by atoms with Gasteiger partial charge in [-0.15, -0.1) is 0 Å². The van der Waals surface area contributed by atoms with Crippen LogP contribution in [0.2, 0.25) is 0 Å². The molecule has 2 saturated heterocycles. The van der Waals surface area contributed by atoms with Crippen LogP contribution in [0.1, 0.15) is 30.5 Å². The monoisotopic (exact) mass is 270 g/mol. The second-order valence-corrected chi connectivity index (χ2v) is 5.80. The molecule has 20 heavy (non-hydrogen) atoms. The Balaban J connectivity index is 1.75. The fraction of sp³-hybridized carbons (Fsp3) is 0.533. The summed E-state index contributed by atoms with van der Waals surface area (Å²) in [6.07, 6.45) is 4.39. The molecule has 5 nitrogen and oxygen atoms in total. The van der Waals surface area contributed by atoms with E-state index in [0.29, 0.717) is 18.7 Å². The molecule has 1 spiro atoms. The van der Waals surface area contributed by atoms with Crippen molar-refractivity contribution in [2.45, 2.75) is 25.8 Å². The molecule has 0 atom stereocenters. The van der Waals surface area contributed by atoms with E-state index in [1.165, 1.54) is 0 Å². The number of pyridine rings is 1. The van der Waals surface area contributed by atoms with E-state index in [4.69, 9.17) is 5.26 Å². The van der Waals surface area contributed by atoms with Gasteiger partial charge in [0.15, 0.2) is 0 Å². The maximum atomic E-state index is 12.3. The largest absolute Gasteiger partial charge is 0.338 e. The van der Waals surface area contributed by atoms with E-state index < -0.39 is 0 Å². The fourth-order valence-electron chi connectivity index (χ4n) is 3.29. The number of rotatable bonds is 2. The van der Waals surface area contributed by atoms with Gasteiger partial charge in [-0.3, -0.25) is 4.79 Å². The second kappa shape index (κ2) is 5.22. The molecule has 2 fully saturated rings. The lowest BCUT2D eigenvalue weighted by atomic mass is 9.78. The zero-order valence-electron chi connectivity index (χ0n) is 11.4. The highest BCUT2D eigenvalue weighted by Gasteiger charge is 2.43. The van der Waals surface area contributed by atoms with Crippen molar-refractivity contribution in [2.24, 2.45) is 5.41 Å². The first-order valence-electron chi connectivity index (χ1n) is 7.05. The van der Waals surface area contributed by atoms with Crippen molar-refractivity contribution in [1.29, 1.82) is 5.26 Å². The molecule has 1 aromatic rings. The molecule has 0 saturated carbocycles. The average molecular weight is 270 g/mol. The van der Waals surface area contributed by atoms with Crippen LogP contribution in [0.15, 0.2) is 18.3 Å². The molecule has 0 bridgehead atoms. The normalized spacial score (nSPS) is 21.1. The van der Waals surface area contributed by atoms with Crippen molar-refractivity contribution in [2.75, 3.05) is 19.6 Å². The Bertz CT molecular complexity index is 557. The summed E-state index contributed by atoms with van der Waals surface area (Å²) < 4.78 is 0. The number of nitriles is 1. The fourth-order valence-corrected chi connectivity index (χ4v) is 3.29. The Labute approximate surface area is 118 Å². The van der Waals surface area contributed by atoms with Crippen LogP contribution in [-0.2, 0) is 11.3 Å². The summed E-state index contributed by atoms with van der Waals surface area (Å²) >= 11 is 0. The lowest BCUT2D eigenvalue weighted by molar-refractivity contribution is -0.128. The molecule has 2 aliphatic rings. The maximum Gasteiger partial charge on any atom is 0.223 e. The van der Waals surface area contributed by atoms with E-state index in [9.17, 15) is 4.79 Å². The highest BCUT2D eigenvalue weighted by atomic mass is 16.2. The van der Waals surface area contributed by atoms with Gasteiger partial charge in [-0.05, 0) is 37.4 Å². The standard InChI is InChI=1S/C15H18N4O/c16-9-13-12(2-1-5-18-13)10-19-11-15(8-14(19)20)3-6-17-7-4-15/h1-2,5,17H,3-4,6-8,10-11H2. The Hall–Kier alpha value is -1.93. The summed E-state index contributed by atoms with van der Waals surface area (Å²) in [5.74, 6) is 0.208. The third-order valence-corrected chi connectivity index (χ3v) is 4.43. The number of nitrogens with zero attached hydrogens (tertiary/aromatic N) is 3. The number of likely N-dealkylation sites (tertiary alicyclic amines) is 1. The van der Waals surface area contributed by atoms with Gasteiger partial charge >= 0.3 is 0 Å². The Morgan fingerprint density at radius 3 is 3.00 bits per heavy atom. The van der Waals surface area contributed by atoms with Crippen molar-refractivity contribution >= 4 is 5.91 Å². The summed E-state index contributed by atoms with van der Waals surface area (Å²) in [5.41, 5.74) is 1.41. The number of amides is 1. The van der Waals surface area contributed by atoms with Gasteiger partial charge in [0.1, 0.15) is 11.8 Å². The van der Waals surface area contributed by atoms with Gasteiger partial charge in [-0.1, -0.05) is 6.07 Å². The number of piperidine rings is 1. The molecule has 1 amide bonds. The highest BCUT2D eigenvalue weighted by Crippen LogP contribution is 2.39. The van der Waals surface area contributed by atoms with Gasteiger partial charge in [-0.2, -0.15) is 5.26 Å². The van der Waals surface area contributed by atoms with Gasteiger partial charge in [0.2, 0.25) is 5.91 Å². The van der Waals surface area contributed by atoms with Crippen molar-refractivity contribution in [1.82, 2.24) is 15.2 Å². The summed E-state index contributed by atoms with van der Waals surface area (Å²) in [6, 6.07) is 5.79. The zero-order valence-corrected chi connectivity index (χ0v) is 11.4. The van der Waals surface area contributed by atoms with Gasteiger partial charge in [0.05, 0.1) is 0 Å². The molecule has 0 aliphatic carbocycles. The van der Waals surface area contributed by atoms with Gasteiger partial charge in [0.25, 0.3) is 0 Å². The number of hydrogen-bond acceptors (Lipinski definition) is 4. The summed E-state index contributed by atoms with van der Waals surface area (Å²) in [6.45, 7) is 3.31. The van der Waals surface area contributed by atoms with E-state index in [0.717, 1.165) is 38.0 Å². The molecule has 1 N–H and O–H groups in total. The number of carbonyl (C=O) groups excluding carboxylic acids is 1. The molecule has 2 aliphatic heterocycles. The predicted molar refractivity (Wildman–Crippen MR) is 73.5 cm³/mol. The topological polar surface area (TPSA) is 69.0 Å². The molecular formula is C15H18N4O. The number of nitrogens with one attached hydrogen (secondary N) is 1. The van der Waals surface area contributed by atoms with Gasteiger partial charge < -0.3 is 10.2 Å². The number of hydrogen-bond donors (Lipinski definition) is 1. The molecular weight excluding hydrogens is 252 g/mol. The molecule has 104 valence electrons. The lowest BCUT2D eigenvalue weighted by Crippen LogP contribution is -2.38. The SMILES string of the molecule is N#Cc1ncccc1CN1CC2(CCNCC2)CC1=O. The minimum absolute atomic E-state index is 0.150. The molecule has 3 heterocycles. The lowest BCUT2D eigenvalue weighted by Gasteiger charge is -2.33. The number of carbonyl (C=O) groups is 1. The van der Waals surface area contributed by atoms with E-state index in [1.807, 2.05) is 17.0 Å². The average Bonchev–Trinajstić information content (AvgIpc) is 2.76. The first kappa shape index (κ1) is 13.1. The zero-order chi connectivity index (χ0) is 14.0. The summed E-state index contributed by atoms with van der Waals surface area (Å²) in [7, 11) is 0. The number of aromatic nitrogens is 1. The molecule has 3 rings (SSSR count). The molecule has 5 heteroatoms. The van der Waals surface area contributed by atoms with Crippen LogP contribution in [0, 0.1) is 16.7 Å². The van der Waals surface area contributed by atoms with Crippen molar-refractivity contribution < 1.29 is 4.79 Å². The molecule has 0 aromatic carbocycles. The van der Waals surface area contributed by atoms with Crippen LogP contribution in [0.3, 0.4) is 0 Å². The van der Waals surface area contributed by atoms with Gasteiger partial charge in [0, 0.05) is 31.3 Å². The van der Waals surface area contributed by atoms with Gasteiger partial charge in [-0.25, -0.2) is 4.98 Å².